The summed E-state index contributed by atoms with van der Waals surface area (Å²) >= 11 is 0. The number of amides is 3. The van der Waals surface area contributed by atoms with Crippen molar-refractivity contribution in [3.63, 3.8) is 0 Å². The molecule has 0 spiro atoms. The predicted octanol–water partition coefficient (Wildman–Crippen LogP) is -0.284. The van der Waals surface area contributed by atoms with Crippen molar-refractivity contribution in [2.75, 3.05) is 52.6 Å². The van der Waals surface area contributed by atoms with Crippen LogP contribution in [0.5, 0.6) is 0 Å². The Balaban J connectivity index is 0.000000305. The number of aliphatic carboxylic acids is 2. The maximum atomic E-state index is 12.4. The summed E-state index contributed by atoms with van der Waals surface area (Å²) in [5, 5.41) is 45.5. The lowest BCUT2D eigenvalue weighted by Gasteiger charge is -2.45. The van der Waals surface area contributed by atoms with Crippen LogP contribution in [0, 0.1) is 0 Å². The summed E-state index contributed by atoms with van der Waals surface area (Å²) in [4.78, 5) is 63.3. The van der Waals surface area contributed by atoms with Crippen LogP contribution in [0.1, 0.15) is 73.1 Å². The number of carbonyl (C=O) groups is 5. The average Bonchev–Trinajstić information content (AvgIpc) is 3.10. The minimum Gasteiger partial charge on any atom is -0.478 e. The number of ether oxygens (including phenoxy) is 3. The third-order valence-corrected chi connectivity index (χ3v) is 9.81. The molecule has 4 rings (SSSR count). The maximum absolute atomic E-state index is 12.4. The van der Waals surface area contributed by atoms with E-state index in [4.69, 9.17) is 30.2 Å². The molecule has 9 N–H and O–H groups in total. The van der Waals surface area contributed by atoms with Crippen LogP contribution in [0.4, 0.5) is 4.79 Å². The fourth-order valence-electron chi connectivity index (χ4n) is 7.61. The van der Waals surface area contributed by atoms with Crippen LogP contribution in [0.2, 0.25) is 0 Å². The van der Waals surface area contributed by atoms with E-state index >= 15 is 0 Å². The molecule has 2 heterocycles. The number of carboxylic acids is 2. The van der Waals surface area contributed by atoms with Crippen molar-refractivity contribution < 1.29 is 58.6 Å². The number of rotatable bonds is 13. The second-order valence-electron chi connectivity index (χ2n) is 15.5. The van der Waals surface area contributed by atoms with Gasteiger partial charge in [-0.05, 0) is 66.0 Å². The first-order valence-electron chi connectivity index (χ1n) is 19.0. The molecule has 8 atom stereocenters. The van der Waals surface area contributed by atoms with Gasteiger partial charge in [0, 0.05) is 50.5 Å². The van der Waals surface area contributed by atoms with Gasteiger partial charge in [0.1, 0.15) is 5.60 Å². The number of aliphatic hydroxyl groups excluding tert-OH is 2. The number of hydrogen-bond acceptors (Lipinski definition) is 13. The highest BCUT2D eigenvalue weighted by Gasteiger charge is 2.42. The second-order valence-corrected chi connectivity index (χ2v) is 15.5. The average molecular weight is 783 g/mol. The highest BCUT2D eigenvalue weighted by atomic mass is 16.6. The summed E-state index contributed by atoms with van der Waals surface area (Å²) in [6, 6.07) is -2.69. The van der Waals surface area contributed by atoms with Gasteiger partial charge >= 0.3 is 18.0 Å². The first-order valence-corrected chi connectivity index (χ1v) is 19.0. The van der Waals surface area contributed by atoms with Gasteiger partial charge < -0.3 is 56.3 Å². The van der Waals surface area contributed by atoms with Crippen molar-refractivity contribution in [3.8, 4) is 0 Å². The molecule has 2 aliphatic heterocycles. The number of alkyl carbamates (subject to hydrolysis) is 1. The van der Waals surface area contributed by atoms with Crippen molar-refractivity contribution in [3.05, 3.63) is 23.3 Å². The first kappa shape index (κ1) is 45.7. The number of nitrogens with two attached hydrogens (primary N) is 1. The minimum absolute atomic E-state index is 0.0105. The molecule has 0 bridgehead atoms. The number of carboxylic acid groups (broad SMARTS) is 2. The van der Waals surface area contributed by atoms with Crippen LogP contribution in [0.15, 0.2) is 23.3 Å². The van der Waals surface area contributed by atoms with Crippen molar-refractivity contribution >= 4 is 29.8 Å². The normalized spacial score (nSPS) is 29.0. The third kappa shape index (κ3) is 14.7. The Morgan fingerprint density at radius 2 is 1.22 bits per heavy atom. The molecular formula is C37H62N6O12. The highest BCUT2D eigenvalue weighted by Crippen LogP contribution is 2.28. The van der Waals surface area contributed by atoms with Gasteiger partial charge in [0.25, 0.3) is 0 Å². The summed E-state index contributed by atoms with van der Waals surface area (Å²) < 4.78 is 16.7. The van der Waals surface area contributed by atoms with E-state index in [0.29, 0.717) is 19.6 Å². The number of piperidine rings is 2. The molecule has 0 saturated carbocycles. The minimum atomic E-state index is -1.06. The summed E-state index contributed by atoms with van der Waals surface area (Å²) in [5.41, 5.74) is 5.90. The van der Waals surface area contributed by atoms with Gasteiger partial charge in [-0.25, -0.2) is 14.4 Å². The fourth-order valence-corrected chi connectivity index (χ4v) is 7.61. The topological polar surface area (TPSA) is 263 Å². The molecule has 0 unspecified atom stereocenters. The Kier molecular flexibility index (Phi) is 18.0. The van der Waals surface area contributed by atoms with E-state index < -0.39 is 47.8 Å². The predicted molar refractivity (Wildman–Crippen MR) is 200 cm³/mol. The zero-order valence-electron chi connectivity index (χ0n) is 32.7. The molecule has 0 radical (unpaired) electrons. The van der Waals surface area contributed by atoms with Gasteiger partial charge in [0.05, 0.1) is 68.8 Å². The zero-order chi connectivity index (χ0) is 40.9. The Morgan fingerprint density at radius 3 is 1.65 bits per heavy atom. The van der Waals surface area contributed by atoms with Gasteiger partial charge in [0.15, 0.2) is 0 Å². The Morgan fingerprint density at radius 1 is 0.764 bits per heavy atom. The summed E-state index contributed by atoms with van der Waals surface area (Å²) in [6.45, 7) is 11.1. The quantitative estimate of drug-likeness (QED) is 0.119. The van der Waals surface area contributed by atoms with E-state index in [1.165, 1.54) is 13.8 Å². The molecule has 4 aliphatic rings. The van der Waals surface area contributed by atoms with E-state index in [0.717, 1.165) is 32.2 Å². The van der Waals surface area contributed by atoms with Crippen molar-refractivity contribution in [1.29, 1.82) is 0 Å². The molecule has 0 aromatic heterocycles. The lowest BCUT2D eigenvalue weighted by Crippen LogP contribution is -2.64. The Labute approximate surface area is 322 Å². The molecule has 3 amide bonds. The van der Waals surface area contributed by atoms with E-state index in [9.17, 15) is 34.2 Å². The summed E-state index contributed by atoms with van der Waals surface area (Å²) in [6.07, 6.45) is 6.36. The van der Waals surface area contributed by atoms with Crippen LogP contribution < -0.4 is 21.7 Å². The fraction of sp³-hybridized carbons (Fsp3) is 0.757. The molecular weight excluding hydrogens is 720 g/mol. The SMILES string of the molecule is CC(=O)N[C@@H]1[C@@H](NC(=O)OC(C)(C)C)CC(C(=O)O)=C[C@H]1N1CCC[C@H](OCCO)C1.CC(=O)N[C@H]1[C@H](N2CCC[C@H](OCCO)C2)C=C(C(=O)O)C[C@@H]1N. The number of nitrogens with zero attached hydrogens (tertiary/aromatic N) is 2. The van der Waals surface area contributed by atoms with Gasteiger partial charge in [-0.2, -0.15) is 0 Å². The summed E-state index contributed by atoms with van der Waals surface area (Å²) in [5.74, 6) is -2.49. The second kappa shape index (κ2) is 21.6. The van der Waals surface area contributed by atoms with Crippen molar-refractivity contribution in [2.45, 2.75) is 127 Å². The molecule has 18 heteroatoms. The first-order chi connectivity index (χ1) is 25.9. The Bertz CT molecular complexity index is 1390. The molecule has 55 heavy (non-hydrogen) atoms. The standard InChI is InChI=1S/C21H35N3O7.C16H27N3O5/c1-13(26)22-18-16(23-20(29)31-21(2,3)4)10-14(19(27)28)11-17(18)24-7-5-6-15(12-24)30-9-8-25;1-10(21)18-15-13(17)7-11(16(22)23)8-14(15)19-4-2-3-12(9-19)24-6-5-20/h11,15-18,25H,5-10,12H2,1-4H3,(H,22,26)(H,23,29)(H,27,28);8,12-15,20H,2-7,9,17H2,1H3,(H,18,21)(H,22,23)/t15-,16-,17+,18+;12-,13-,14+,15+/m00/s1. The molecule has 312 valence electrons. The van der Waals surface area contributed by atoms with Gasteiger partial charge in [0.2, 0.25) is 11.8 Å². The van der Waals surface area contributed by atoms with E-state index in [1.807, 2.05) is 0 Å². The van der Waals surface area contributed by atoms with Crippen molar-refractivity contribution in [1.82, 2.24) is 25.8 Å². The van der Waals surface area contributed by atoms with Crippen LogP contribution in [-0.2, 0) is 33.4 Å². The number of aliphatic hydroxyl groups is 2. The lowest BCUT2D eigenvalue weighted by molar-refractivity contribution is -0.134. The molecule has 2 fully saturated rings. The van der Waals surface area contributed by atoms with E-state index in [2.05, 4.69) is 25.8 Å². The zero-order valence-corrected chi connectivity index (χ0v) is 32.7. The van der Waals surface area contributed by atoms with Crippen LogP contribution >= 0.6 is 0 Å². The number of hydrogen-bond donors (Lipinski definition) is 8. The van der Waals surface area contributed by atoms with Crippen LogP contribution in [0.3, 0.4) is 0 Å². The van der Waals surface area contributed by atoms with Gasteiger partial charge in [-0.1, -0.05) is 12.2 Å². The monoisotopic (exact) mass is 782 g/mol. The maximum Gasteiger partial charge on any atom is 0.407 e. The smallest absolute Gasteiger partial charge is 0.407 e. The third-order valence-electron chi connectivity index (χ3n) is 9.81. The highest BCUT2D eigenvalue weighted by molar-refractivity contribution is 5.88. The van der Waals surface area contributed by atoms with Gasteiger partial charge in [-0.3, -0.25) is 19.4 Å². The van der Waals surface area contributed by atoms with E-state index in [-0.39, 0.29) is 86.5 Å². The molecule has 2 aliphatic carbocycles. The van der Waals surface area contributed by atoms with Crippen LogP contribution in [-0.4, -0.2) is 167 Å². The molecule has 0 aromatic rings. The Hall–Kier alpha value is -3.65. The van der Waals surface area contributed by atoms with E-state index in [1.54, 1.807) is 32.9 Å². The molecule has 2 saturated heterocycles. The number of likely N-dealkylation sites (tertiary alicyclic amines) is 2. The van der Waals surface area contributed by atoms with Crippen molar-refractivity contribution in [2.24, 2.45) is 5.73 Å². The van der Waals surface area contributed by atoms with Gasteiger partial charge in [-0.15, -0.1) is 0 Å². The lowest BCUT2D eigenvalue weighted by atomic mass is 9.84. The number of nitrogens with one attached hydrogen (secondary N) is 3. The summed E-state index contributed by atoms with van der Waals surface area (Å²) in [7, 11) is 0. The number of carbonyl (C=O) groups excluding carboxylic acids is 3. The molecule has 0 aromatic carbocycles. The van der Waals surface area contributed by atoms with Crippen LogP contribution in [0.25, 0.3) is 0 Å². The largest absolute Gasteiger partial charge is 0.478 e. The molecule has 18 nitrogen and oxygen atoms in total.